The van der Waals surface area contributed by atoms with Gasteiger partial charge in [-0.1, -0.05) is 26.0 Å². The van der Waals surface area contributed by atoms with Crippen LogP contribution in [0.2, 0.25) is 0 Å². The van der Waals surface area contributed by atoms with Gasteiger partial charge in [0.2, 0.25) is 17.7 Å². The molecule has 4 amide bonds. The van der Waals surface area contributed by atoms with Gasteiger partial charge in [0, 0.05) is 32.1 Å². The fourth-order valence-electron chi connectivity index (χ4n) is 4.34. The average Bonchev–Trinajstić information content (AvgIpc) is 3.01. The van der Waals surface area contributed by atoms with Crippen LogP contribution in [0.15, 0.2) is 24.3 Å². The monoisotopic (exact) mass is 691 g/mol. The van der Waals surface area contributed by atoms with E-state index in [1.54, 1.807) is 31.2 Å². The number of hydrogen-bond donors (Lipinski definition) is 5. The zero-order valence-corrected chi connectivity index (χ0v) is 30.6. The summed E-state index contributed by atoms with van der Waals surface area (Å²) in [5.74, 6) is -1.33. The minimum Gasteiger partial charge on any atom is -0.445 e. The molecule has 0 spiro atoms. The lowest BCUT2D eigenvalue weighted by atomic mass is 9.98. The van der Waals surface area contributed by atoms with Gasteiger partial charge in [-0.3, -0.25) is 19.2 Å². The first kappa shape index (κ1) is 43.0. The highest BCUT2D eigenvalue weighted by atomic mass is 16.5. The van der Waals surface area contributed by atoms with Crippen LogP contribution in [0, 0.1) is 5.92 Å². The molecule has 14 nitrogen and oxygen atoms in total. The molecule has 0 aliphatic heterocycles. The van der Waals surface area contributed by atoms with Gasteiger partial charge >= 0.3 is 6.09 Å². The largest absolute Gasteiger partial charge is 0.445 e. The van der Waals surface area contributed by atoms with Crippen molar-refractivity contribution in [3.63, 3.8) is 0 Å². The Hall–Kier alpha value is -4.04. The molecule has 0 heterocycles. The Kier molecular flexibility index (Phi) is 18.0. The predicted octanol–water partition coefficient (Wildman–Crippen LogP) is 3.03. The summed E-state index contributed by atoms with van der Waals surface area (Å²) in [4.78, 5) is 71.9. The molecule has 14 heteroatoms. The number of nitrogens with one attached hydrogen (secondary N) is 5. The summed E-state index contributed by atoms with van der Waals surface area (Å²) in [6.45, 7) is 16.9. The predicted molar refractivity (Wildman–Crippen MR) is 186 cm³/mol. The van der Waals surface area contributed by atoms with Gasteiger partial charge in [0.1, 0.15) is 30.3 Å². The summed E-state index contributed by atoms with van der Waals surface area (Å²) in [6.07, 6.45) is 1.12. The summed E-state index contributed by atoms with van der Waals surface area (Å²) in [5.41, 5.74) is -0.941. The minimum atomic E-state index is -1.28. The first-order chi connectivity index (χ1) is 22.8. The van der Waals surface area contributed by atoms with Crippen LogP contribution in [0.4, 0.5) is 10.5 Å². The van der Waals surface area contributed by atoms with E-state index in [2.05, 4.69) is 26.6 Å². The number of ketones is 1. The van der Waals surface area contributed by atoms with Crippen molar-refractivity contribution in [1.29, 1.82) is 0 Å². The Bertz CT molecular complexity index is 1250. The van der Waals surface area contributed by atoms with Crippen LogP contribution in [0.3, 0.4) is 0 Å². The number of carbonyl (C=O) groups excluding carboxylic acids is 6. The standard InChI is InChI=1S/C35H57N5O9/c1-24(2)30(39-29(44)14-15-33(5,6)48-18-16-34(7,8)49-19-17-36-26(4)43)31(45)40-35(9,23-41)22-38-28-12-10-27(11-13-28)21-47-32(46)37-20-25(3)42/h10-13,23-24,30,38H,14-22H2,1-9H3,(H,36,43)(H,37,46)(H,39,44)(H,40,45). The van der Waals surface area contributed by atoms with Crippen LogP contribution >= 0.6 is 0 Å². The van der Waals surface area contributed by atoms with Crippen LogP contribution in [-0.2, 0) is 44.8 Å². The Balaban J connectivity index is 2.60. The van der Waals surface area contributed by atoms with Crippen molar-refractivity contribution in [2.75, 3.05) is 38.2 Å². The molecule has 0 aliphatic carbocycles. The number of amides is 4. The first-order valence-corrected chi connectivity index (χ1v) is 16.6. The smallest absolute Gasteiger partial charge is 0.407 e. The highest BCUT2D eigenvalue weighted by molar-refractivity contribution is 5.90. The summed E-state index contributed by atoms with van der Waals surface area (Å²) in [5, 5.41) is 13.8. The van der Waals surface area contributed by atoms with Crippen molar-refractivity contribution in [2.45, 2.75) is 111 Å². The molecule has 1 aromatic rings. The van der Waals surface area contributed by atoms with Gasteiger partial charge in [0.05, 0.1) is 31.0 Å². The molecule has 49 heavy (non-hydrogen) atoms. The number of hydrogen-bond acceptors (Lipinski definition) is 10. The maximum absolute atomic E-state index is 13.3. The normalized spacial score (nSPS) is 13.4. The molecule has 0 radical (unpaired) electrons. The Morgan fingerprint density at radius 2 is 1.47 bits per heavy atom. The zero-order chi connectivity index (χ0) is 37.3. The highest BCUT2D eigenvalue weighted by Gasteiger charge is 2.32. The average molecular weight is 692 g/mol. The minimum absolute atomic E-state index is 0.00969. The number of Topliss-reactive ketones (excluding diaryl/α,β-unsaturated/α-hetero) is 1. The van der Waals surface area contributed by atoms with Gasteiger partial charge in [0.15, 0.2) is 0 Å². The van der Waals surface area contributed by atoms with Gasteiger partial charge in [-0.15, -0.1) is 0 Å². The maximum Gasteiger partial charge on any atom is 0.407 e. The molecule has 5 N–H and O–H groups in total. The third-order valence-corrected chi connectivity index (χ3v) is 7.52. The Morgan fingerprint density at radius 3 is 2.04 bits per heavy atom. The van der Waals surface area contributed by atoms with E-state index in [4.69, 9.17) is 14.2 Å². The van der Waals surface area contributed by atoms with E-state index in [1.807, 2.05) is 41.5 Å². The van der Waals surface area contributed by atoms with Crippen LogP contribution in [0.5, 0.6) is 0 Å². The van der Waals surface area contributed by atoms with E-state index in [1.165, 1.54) is 13.8 Å². The summed E-state index contributed by atoms with van der Waals surface area (Å²) < 4.78 is 17.0. The summed E-state index contributed by atoms with van der Waals surface area (Å²) >= 11 is 0. The molecule has 0 saturated heterocycles. The lowest BCUT2D eigenvalue weighted by Crippen LogP contribution is -2.59. The van der Waals surface area contributed by atoms with Crippen LogP contribution in [0.1, 0.15) is 87.1 Å². The first-order valence-electron chi connectivity index (χ1n) is 16.6. The van der Waals surface area contributed by atoms with Crippen molar-refractivity contribution < 1.29 is 43.0 Å². The fraction of sp³-hybridized carbons (Fsp3) is 0.657. The molecule has 0 fully saturated rings. The molecule has 0 saturated carbocycles. The number of ether oxygens (including phenoxy) is 3. The van der Waals surface area contributed by atoms with Crippen LogP contribution < -0.4 is 26.6 Å². The molecule has 2 atom stereocenters. The quantitative estimate of drug-likeness (QED) is 0.0843. The summed E-state index contributed by atoms with van der Waals surface area (Å²) in [6, 6.07) is 6.10. The third-order valence-electron chi connectivity index (χ3n) is 7.52. The highest BCUT2D eigenvalue weighted by Crippen LogP contribution is 2.21. The van der Waals surface area contributed by atoms with E-state index in [0.717, 1.165) is 0 Å². The van der Waals surface area contributed by atoms with Crippen LogP contribution in [-0.4, -0.2) is 91.5 Å². The van der Waals surface area contributed by atoms with E-state index in [9.17, 15) is 28.8 Å². The number of rotatable bonds is 23. The topological polar surface area (TPSA) is 190 Å². The van der Waals surface area contributed by atoms with Crippen molar-refractivity contribution in [3.8, 4) is 0 Å². The van der Waals surface area contributed by atoms with E-state index in [-0.39, 0.29) is 49.6 Å². The molecule has 0 bridgehead atoms. The molecule has 2 unspecified atom stereocenters. The maximum atomic E-state index is 13.3. The number of carbonyl (C=O) groups is 6. The zero-order valence-electron chi connectivity index (χ0n) is 30.6. The van der Waals surface area contributed by atoms with Gasteiger partial charge in [-0.25, -0.2) is 4.79 Å². The van der Waals surface area contributed by atoms with Gasteiger partial charge in [-0.05, 0) is 78.0 Å². The van der Waals surface area contributed by atoms with Crippen molar-refractivity contribution >= 4 is 41.6 Å². The number of benzene rings is 1. The number of anilines is 1. The van der Waals surface area contributed by atoms with Crippen molar-refractivity contribution in [1.82, 2.24) is 21.3 Å². The second-order valence-electron chi connectivity index (χ2n) is 13.9. The van der Waals surface area contributed by atoms with Gasteiger partial charge in [-0.2, -0.15) is 0 Å². The van der Waals surface area contributed by atoms with Crippen LogP contribution in [0.25, 0.3) is 0 Å². The molecule has 0 aromatic heterocycles. The third kappa shape index (κ3) is 18.9. The second kappa shape index (κ2) is 20.5. The lowest BCUT2D eigenvalue weighted by molar-refractivity contribution is -0.133. The fourth-order valence-corrected chi connectivity index (χ4v) is 4.34. The SMILES string of the molecule is CC(=O)CNC(=O)OCc1ccc(NCC(C)(C=O)NC(=O)C(NC(=O)CCC(C)(C)OCCC(C)(C)OCCNC(C)=O)C(C)C)cc1. The van der Waals surface area contributed by atoms with Gasteiger partial charge in [0.25, 0.3) is 0 Å². The van der Waals surface area contributed by atoms with E-state index in [0.29, 0.717) is 50.1 Å². The molecule has 276 valence electrons. The lowest BCUT2D eigenvalue weighted by Gasteiger charge is -2.31. The van der Waals surface area contributed by atoms with E-state index >= 15 is 0 Å². The summed E-state index contributed by atoms with van der Waals surface area (Å²) in [7, 11) is 0. The number of aldehydes is 1. The molecule has 1 aromatic carbocycles. The Morgan fingerprint density at radius 1 is 0.857 bits per heavy atom. The number of alkyl carbamates (subject to hydrolysis) is 1. The second-order valence-corrected chi connectivity index (χ2v) is 13.9. The Labute approximate surface area is 290 Å². The molecular formula is C35H57N5O9. The molecule has 1 rings (SSSR count). The van der Waals surface area contributed by atoms with Gasteiger partial charge < -0.3 is 45.6 Å². The van der Waals surface area contributed by atoms with Crippen molar-refractivity contribution in [2.24, 2.45) is 5.92 Å². The molecule has 0 aliphatic rings. The van der Waals surface area contributed by atoms with E-state index < -0.39 is 34.8 Å². The molecular weight excluding hydrogens is 634 g/mol. The van der Waals surface area contributed by atoms with Crippen molar-refractivity contribution in [3.05, 3.63) is 29.8 Å².